The molecular formula is C19H18ClN3O2S. The largest absolute Gasteiger partial charge is 0.490 e. The van der Waals surface area contributed by atoms with Crippen molar-refractivity contribution in [2.75, 3.05) is 11.9 Å². The van der Waals surface area contributed by atoms with Gasteiger partial charge in [0.05, 0.1) is 0 Å². The lowest BCUT2D eigenvalue weighted by Crippen LogP contribution is -2.43. The molecule has 0 bridgehead atoms. The fourth-order valence-corrected chi connectivity index (χ4v) is 2.15. The fourth-order valence-electron chi connectivity index (χ4n) is 1.86. The van der Waals surface area contributed by atoms with E-state index in [4.69, 9.17) is 28.6 Å². The lowest BCUT2D eigenvalue weighted by Gasteiger charge is -2.10. The van der Waals surface area contributed by atoms with Crippen LogP contribution in [0.2, 0.25) is 5.02 Å². The van der Waals surface area contributed by atoms with Crippen molar-refractivity contribution >= 4 is 46.6 Å². The monoisotopic (exact) mass is 387 g/mol. The van der Waals surface area contributed by atoms with Crippen molar-refractivity contribution in [3.63, 3.8) is 0 Å². The first-order valence-corrected chi connectivity index (χ1v) is 8.50. The number of hydrogen-bond acceptors (Lipinski definition) is 3. The van der Waals surface area contributed by atoms with Crippen LogP contribution in [0.1, 0.15) is 5.56 Å². The molecule has 0 spiro atoms. The Bertz CT molecular complexity index is 789. The molecular weight excluding hydrogens is 370 g/mol. The van der Waals surface area contributed by atoms with Gasteiger partial charge in [0.2, 0.25) is 0 Å². The number of ether oxygens (including phenoxy) is 1. The number of benzene rings is 2. The Labute approximate surface area is 162 Å². The summed E-state index contributed by atoms with van der Waals surface area (Å²) < 4.78 is 5.40. The minimum atomic E-state index is -0.336. The summed E-state index contributed by atoms with van der Waals surface area (Å²) in [5.41, 5.74) is 6.73. The first-order valence-electron chi connectivity index (χ1n) is 7.71. The zero-order valence-corrected chi connectivity index (χ0v) is 15.4. The Morgan fingerprint density at radius 3 is 2.46 bits per heavy atom. The lowest BCUT2D eigenvalue weighted by molar-refractivity contribution is -0.116. The summed E-state index contributed by atoms with van der Waals surface area (Å²) >= 11 is 10.9. The van der Waals surface area contributed by atoms with Crippen LogP contribution in [0.4, 0.5) is 5.69 Å². The maximum absolute atomic E-state index is 11.8. The lowest BCUT2D eigenvalue weighted by atomic mass is 10.2. The van der Waals surface area contributed by atoms with E-state index < -0.39 is 0 Å². The van der Waals surface area contributed by atoms with Crippen LogP contribution in [-0.2, 0) is 4.79 Å². The molecule has 26 heavy (non-hydrogen) atoms. The van der Waals surface area contributed by atoms with Crippen molar-refractivity contribution in [3.8, 4) is 5.75 Å². The quantitative estimate of drug-likeness (QED) is 0.303. The molecule has 2 aromatic rings. The third-order valence-corrected chi connectivity index (χ3v) is 3.53. The molecule has 0 unspecified atom stereocenters. The number of halogens is 1. The van der Waals surface area contributed by atoms with Crippen LogP contribution in [0.25, 0.3) is 6.08 Å². The van der Waals surface area contributed by atoms with E-state index in [0.717, 1.165) is 17.0 Å². The van der Waals surface area contributed by atoms with Gasteiger partial charge in [-0.15, -0.1) is 0 Å². The Morgan fingerprint density at radius 2 is 1.81 bits per heavy atom. The van der Waals surface area contributed by atoms with Gasteiger partial charge in [-0.25, -0.2) is 0 Å². The minimum Gasteiger partial charge on any atom is -0.490 e. The van der Waals surface area contributed by atoms with Gasteiger partial charge in [0.25, 0.3) is 5.91 Å². The summed E-state index contributed by atoms with van der Waals surface area (Å²) in [6.07, 6.45) is 4.76. The molecule has 0 aliphatic carbocycles. The molecule has 2 aromatic carbocycles. The summed E-state index contributed by atoms with van der Waals surface area (Å²) in [4.78, 5) is 11.8. The highest BCUT2D eigenvalue weighted by atomic mass is 35.5. The molecule has 134 valence electrons. The van der Waals surface area contributed by atoms with E-state index in [1.807, 2.05) is 24.3 Å². The van der Waals surface area contributed by atoms with Crippen molar-refractivity contribution in [1.29, 1.82) is 0 Å². The van der Waals surface area contributed by atoms with Crippen molar-refractivity contribution in [2.45, 2.75) is 0 Å². The molecule has 2 rings (SSSR count). The number of hydrazine groups is 1. The molecule has 1 amide bonds. The van der Waals surface area contributed by atoms with Crippen LogP contribution in [-0.4, -0.2) is 17.6 Å². The van der Waals surface area contributed by atoms with Gasteiger partial charge in [-0.3, -0.25) is 15.6 Å². The molecule has 0 aromatic heterocycles. The fraction of sp³-hybridized carbons (Fsp3) is 0.0526. The normalized spacial score (nSPS) is 10.2. The first kappa shape index (κ1) is 19.5. The number of carbonyl (C=O) groups excluding carboxylic acids is 1. The second kappa shape index (κ2) is 10.2. The first-order chi connectivity index (χ1) is 12.6. The maximum Gasteiger partial charge on any atom is 0.262 e. The molecule has 0 heterocycles. The molecule has 7 heteroatoms. The second-order valence-corrected chi connectivity index (χ2v) is 5.92. The highest BCUT2D eigenvalue weighted by Gasteiger charge is 2.00. The van der Waals surface area contributed by atoms with Crippen LogP contribution >= 0.6 is 23.8 Å². The average molecular weight is 388 g/mol. The standard InChI is InChI=1S/C19H18ClN3O2S/c1-2-13-25-17-10-3-14(4-11-17)5-12-18(24)22-23-19(26)21-16-8-6-15(20)7-9-16/h2-12H,1,13H2,(H,22,24)(H2,21,23,26)/b12-5+. The molecule has 0 aliphatic rings. The highest BCUT2D eigenvalue weighted by molar-refractivity contribution is 7.80. The predicted octanol–water partition coefficient (Wildman–Crippen LogP) is 3.94. The van der Waals surface area contributed by atoms with Gasteiger partial charge in [0, 0.05) is 16.8 Å². The van der Waals surface area contributed by atoms with E-state index in [1.54, 1.807) is 36.4 Å². The SMILES string of the molecule is C=CCOc1ccc(/C=C/C(=O)NNC(=S)Nc2ccc(Cl)cc2)cc1. The van der Waals surface area contributed by atoms with Crippen LogP contribution in [0.3, 0.4) is 0 Å². The van der Waals surface area contributed by atoms with Gasteiger partial charge in [-0.05, 0) is 60.3 Å². The summed E-state index contributed by atoms with van der Waals surface area (Å²) in [5, 5.41) is 3.82. The van der Waals surface area contributed by atoms with E-state index in [-0.39, 0.29) is 11.0 Å². The van der Waals surface area contributed by atoms with E-state index >= 15 is 0 Å². The summed E-state index contributed by atoms with van der Waals surface area (Å²) in [7, 11) is 0. The summed E-state index contributed by atoms with van der Waals surface area (Å²) in [5.74, 6) is 0.407. The number of rotatable bonds is 6. The second-order valence-electron chi connectivity index (χ2n) is 5.08. The number of nitrogens with one attached hydrogen (secondary N) is 3. The zero-order valence-electron chi connectivity index (χ0n) is 13.9. The van der Waals surface area contributed by atoms with Crippen LogP contribution in [0, 0.1) is 0 Å². The third-order valence-electron chi connectivity index (χ3n) is 3.08. The van der Waals surface area contributed by atoms with Crippen LogP contribution in [0.5, 0.6) is 5.75 Å². The minimum absolute atomic E-state index is 0.262. The molecule has 0 atom stereocenters. The van der Waals surface area contributed by atoms with E-state index in [1.165, 1.54) is 6.08 Å². The third kappa shape index (κ3) is 6.96. The highest BCUT2D eigenvalue weighted by Crippen LogP contribution is 2.14. The van der Waals surface area contributed by atoms with E-state index in [2.05, 4.69) is 22.7 Å². The molecule has 0 saturated carbocycles. The average Bonchev–Trinajstić information content (AvgIpc) is 2.65. The Balaban J connectivity index is 1.76. The number of anilines is 1. The topological polar surface area (TPSA) is 62.4 Å². The molecule has 5 nitrogen and oxygen atoms in total. The molecule has 0 fully saturated rings. The van der Waals surface area contributed by atoms with Crippen molar-refractivity contribution in [1.82, 2.24) is 10.9 Å². The Kier molecular flexibility index (Phi) is 7.67. The smallest absolute Gasteiger partial charge is 0.262 e. The van der Waals surface area contributed by atoms with Gasteiger partial charge in [0.15, 0.2) is 5.11 Å². The number of carbonyl (C=O) groups is 1. The van der Waals surface area contributed by atoms with E-state index in [0.29, 0.717) is 11.6 Å². The van der Waals surface area contributed by atoms with Crippen molar-refractivity contribution in [3.05, 3.63) is 77.8 Å². The van der Waals surface area contributed by atoms with Gasteiger partial charge >= 0.3 is 0 Å². The molecule has 0 radical (unpaired) electrons. The van der Waals surface area contributed by atoms with Gasteiger partial charge in [-0.1, -0.05) is 36.4 Å². The van der Waals surface area contributed by atoms with Gasteiger partial charge in [0.1, 0.15) is 12.4 Å². The van der Waals surface area contributed by atoms with Gasteiger partial charge < -0.3 is 10.1 Å². The number of thiocarbonyl (C=S) groups is 1. The summed E-state index contributed by atoms with van der Waals surface area (Å²) in [6, 6.07) is 14.4. The molecule has 0 saturated heterocycles. The van der Waals surface area contributed by atoms with Crippen LogP contribution < -0.4 is 20.9 Å². The molecule has 3 N–H and O–H groups in total. The van der Waals surface area contributed by atoms with E-state index in [9.17, 15) is 4.79 Å². The molecule has 0 aliphatic heterocycles. The summed E-state index contributed by atoms with van der Waals surface area (Å²) in [6.45, 7) is 4.04. The number of amides is 1. The van der Waals surface area contributed by atoms with Crippen molar-refractivity contribution < 1.29 is 9.53 Å². The number of hydrogen-bond donors (Lipinski definition) is 3. The van der Waals surface area contributed by atoms with Gasteiger partial charge in [-0.2, -0.15) is 0 Å². The zero-order chi connectivity index (χ0) is 18.8. The maximum atomic E-state index is 11.8. The Hall–Kier alpha value is -2.83. The van der Waals surface area contributed by atoms with Crippen LogP contribution in [0.15, 0.2) is 67.3 Å². The predicted molar refractivity (Wildman–Crippen MR) is 110 cm³/mol. The Morgan fingerprint density at radius 1 is 1.12 bits per heavy atom. The van der Waals surface area contributed by atoms with Crippen molar-refractivity contribution in [2.24, 2.45) is 0 Å².